The van der Waals surface area contributed by atoms with E-state index >= 15 is 0 Å². The lowest BCUT2D eigenvalue weighted by atomic mass is 9.86. The van der Waals surface area contributed by atoms with Gasteiger partial charge in [0.15, 0.2) is 0 Å². The zero-order valence-electron chi connectivity index (χ0n) is 13.5. The van der Waals surface area contributed by atoms with Crippen molar-refractivity contribution in [3.05, 3.63) is 0 Å². The number of ether oxygens (including phenoxy) is 1. The van der Waals surface area contributed by atoms with Gasteiger partial charge in [0.2, 0.25) is 0 Å². The van der Waals surface area contributed by atoms with E-state index in [1.165, 1.54) is 6.42 Å². The highest BCUT2D eigenvalue weighted by Gasteiger charge is 2.23. The monoisotopic (exact) mass is 258 g/mol. The van der Waals surface area contributed by atoms with Crippen LogP contribution in [-0.2, 0) is 4.74 Å². The first-order chi connectivity index (χ1) is 8.29. The van der Waals surface area contributed by atoms with Crippen LogP contribution in [0.4, 0.5) is 0 Å². The predicted molar refractivity (Wildman–Crippen MR) is 80.1 cm³/mol. The van der Waals surface area contributed by atoms with Crippen molar-refractivity contribution >= 4 is 0 Å². The van der Waals surface area contributed by atoms with Crippen molar-refractivity contribution in [2.45, 2.75) is 60.1 Å². The molecule has 0 aromatic rings. The van der Waals surface area contributed by atoms with Crippen LogP contribution < -0.4 is 5.32 Å². The number of likely N-dealkylation sites (N-methyl/N-ethyl adjacent to an activating group) is 1. The van der Waals surface area contributed by atoms with Crippen LogP contribution in [0.3, 0.4) is 0 Å². The Bertz CT molecular complexity index is 207. The third kappa shape index (κ3) is 8.90. The van der Waals surface area contributed by atoms with E-state index in [0.717, 1.165) is 26.2 Å². The average molecular weight is 258 g/mol. The van der Waals surface area contributed by atoms with Crippen molar-refractivity contribution in [3.8, 4) is 0 Å². The number of nitrogens with zero attached hydrogens (tertiary/aromatic N) is 1. The molecule has 0 radical (unpaired) electrons. The van der Waals surface area contributed by atoms with Crippen LogP contribution >= 0.6 is 0 Å². The number of hydrogen-bond donors (Lipinski definition) is 1. The minimum atomic E-state index is 0.332. The zero-order valence-corrected chi connectivity index (χ0v) is 13.5. The fraction of sp³-hybridized carbons (Fsp3) is 1.00. The summed E-state index contributed by atoms with van der Waals surface area (Å²) >= 11 is 0. The van der Waals surface area contributed by atoms with Crippen LogP contribution in [0, 0.1) is 5.41 Å². The van der Waals surface area contributed by atoms with Crippen molar-refractivity contribution in [1.29, 1.82) is 0 Å². The van der Waals surface area contributed by atoms with Crippen LogP contribution in [0.1, 0.15) is 48.0 Å². The van der Waals surface area contributed by atoms with E-state index in [1.807, 2.05) is 0 Å². The minimum Gasteiger partial charge on any atom is -0.377 e. The van der Waals surface area contributed by atoms with Crippen LogP contribution in [0.25, 0.3) is 0 Å². The Hall–Kier alpha value is -0.120. The fourth-order valence-electron chi connectivity index (χ4n) is 1.92. The minimum absolute atomic E-state index is 0.332. The van der Waals surface area contributed by atoms with Crippen molar-refractivity contribution in [3.63, 3.8) is 0 Å². The highest BCUT2D eigenvalue weighted by Crippen LogP contribution is 2.21. The molecular formula is C15H34N2O. The van der Waals surface area contributed by atoms with Gasteiger partial charge < -0.3 is 15.0 Å². The maximum atomic E-state index is 5.60. The third-order valence-electron chi connectivity index (χ3n) is 3.37. The van der Waals surface area contributed by atoms with Crippen molar-refractivity contribution in [2.75, 3.05) is 33.3 Å². The van der Waals surface area contributed by atoms with Gasteiger partial charge in [-0.15, -0.1) is 0 Å². The molecule has 18 heavy (non-hydrogen) atoms. The number of rotatable bonds is 10. The molecular weight excluding hydrogens is 224 g/mol. The van der Waals surface area contributed by atoms with E-state index in [9.17, 15) is 0 Å². The molecule has 0 spiro atoms. The molecule has 0 aliphatic carbocycles. The second-order valence-corrected chi connectivity index (χ2v) is 6.36. The summed E-state index contributed by atoms with van der Waals surface area (Å²) < 4.78 is 5.60. The first kappa shape index (κ1) is 17.9. The largest absolute Gasteiger partial charge is 0.377 e. The second kappa shape index (κ2) is 8.89. The molecule has 0 rings (SSSR count). The van der Waals surface area contributed by atoms with Crippen molar-refractivity contribution in [1.82, 2.24) is 10.2 Å². The molecule has 0 aliphatic rings. The lowest BCUT2D eigenvalue weighted by Crippen LogP contribution is -2.43. The number of nitrogens with one attached hydrogen (secondary N) is 1. The predicted octanol–water partition coefficient (Wildman–Crippen LogP) is 2.76. The molecule has 0 heterocycles. The maximum Gasteiger partial charge on any atom is 0.0596 e. The van der Waals surface area contributed by atoms with Gasteiger partial charge in [0, 0.05) is 25.7 Å². The Labute approximate surface area is 114 Å². The summed E-state index contributed by atoms with van der Waals surface area (Å²) in [5.74, 6) is 0. The fourth-order valence-corrected chi connectivity index (χ4v) is 1.92. The van der Waals surface area contributed by atoms with E-state index in [0.29, 0.717) is 17.6 Å². The molecule has 0 bridgehead atoms. The van der Waals surface area contributed by atoms with Crippen LogP contribution in [0.5, 0.6) is 0 Å². The standard InChI is InChI=1S/C15H34N2O/c1-8-15(6,11-16-13(2)3)12-17(7)9-10-18-14(4)5/h13-14,16H,8-12H2,1-7H3. The molecule has 1 atom stereocenters. The average Bonchev–Trinajstić information content (AvgIpc) is 2.26. The topological polar surface area (TPSA) is 24.5 Å². The molecule has 0 saturated carbocycles. The summed E-state index contributed by atoms with van der Waals surface area (Å²) in [6.45, 7) is 17.3. The SMILES string of the molecule is CCC(C)(CNC(C)C)CN(C)CCOC(C)C. The first-order valence-electron chi connectivity index (χ1n) is 7.32. The lowest BCUT2D eigenvalue weighted by Gasteiger charge is -2.34. The molecule has 110 valence electrons. The molecule has 1 unspecified atom stereocenters. The highest BCUT2D eigenvalue weighted by molar-refractivity contribution is 4.79. The van der Waals surface area contributed by atoms with Gasteiger partial charge in [-0.05, 0) is 32.7 Å². The van der Waals surface area contributed by atoms with Crippen LogP contribution in [0.15, 0.2) is 0 Å². The molecule has 0 aromatic heterocycles. The van der Waals surface area contributed by atoms with Gasteiger partial charge in [-0.1, -0.05) is 27.7 Å². The van der Waals surface area contributed by atoms with E-state index < -0.39 is 0 Å². The van der Waals surface area contributed by atoms with Gasteiger partial charge >= 0.3 is 0 Å². The van der Waals surface area contributed by atoms with Gasteiger partial charge in [0.25, 0.3) is 0 Å². The molecule has 0 aliphatic heterocycles. The highest BCUT2D eigenvalue weighted by atomic mass is 16.5. The normalized spacial score (nSPS) is 15.7. The van der Waals surface area contributed by atoms with Gasteiger partial charge in [-0.2, -0.15) is 0 Å². The van der Waals surface area contributed by atoms with E-state index in [1.54, 1.807) is 0 Å². The quantitative estimate of drug-likeness (QED) is 0.652. The molecule has 1 N–H and O–H groups in total. The maximum absolute atomic E-state index is 5.60. The lowest BCUT2D eigenvalue weighted by molar-refractivity contribution is 0.0550. The summed E-state index contributed by atoms with van der Waals surface area (Å²) in [7, 11) is 2.19. The van der Waals surface area contributed by atoms with Gasteiger partial charge in [0.1, 0.15) is 0 Å². The van der Waals surface area contributed by atoms with E-state index in [4.69, 9.17) is 4.74 Å². The van der Waals surface area contributed by atoms with Crippen LogP contribution in [0.2, 0.25) is 0 Å². The Morgan fingerprint density at radius 2 is 1.83 bits per heavy atom. The molecule has 0 fully saturated rings. The summed E-state index contributed by atoms with van der Waals surface area (Å²) in [6.07, 6.45) is 1.53. The van der Waals surface area contributed by atoms with E-state index in [2.05, 4.69) is 58.8 Å². The molecule has 0 saturated heterocycles. The van der Waals surface area contributed by atoms with Crippen molar-refractivity contribution < 1.29 is 4.74 Å². The molecule has 0 amide bonds. The van der Waals surface area contributed by atoms with Gasteiger partial charge in [0.05, 0.1) is 12.7 Å². The summed E-state index contributed by atoms with van der Waals surface area (Å²) in [4.78, 5) is 2.38. The Morgan fingerprint density at radius 1 is 1.22 bits per heavy atom. The smallest absolute Gasteiger partial charge is 0.0596 e. The third-order valence-corrected chi connectivity index (χ3v) is 3.37. The summed E-state index contributed by atoms with van der Waals surface area (Å²) in [5.41, 5.74) is 0.344. The van der Waals surface area contributed by atoms with Gasteiger partial charge in [-0.3, -0.25) is 0 Å². The first-order valence-corrected chi connectivity index (χ1v) is 7.32. The summed E-state index contributed by atoms with van der Waals surface area (Å²) in [6, 6.07) is 0.561. The zero-order chi connectivity index (χ0) is 14.2. The molecule has 3 heteroatoms. The van der Waals surface area contributed by atoms with Crippen molar-refractivity contribution in [2.24, 2.45) is 5.41 Å². The Balaban J connectivity index is 4.01. The van der Waals surface area contributed by atoms with E-state index in [-0.39, 0.29) is 0 Å². The molecule has 3 nitrogen and oxygen atoms in total. The summed E-state index contributed by atoms with van der Waals surface area (Å²) in [5, 5.41) is 3.56. The Morgan fingerprint density at radius 3 is 2.28 bits per heavy atom. The molecule has 0 aromatic carbocycles. The van der Waals surface area contributed by atoms with Crippen LogP contribution in [-0.4, -0.2) is 50.3 Å². The Kier molecular flexibility index (Phi) is 8.83. The van der Waals surface area contributed by atoms with Gasteiger partial charge in [-0.25, -0.2) is 0 Å². The second-order valence-electron chi connectivity index (χ2n) is 6.36. The number of hydrogen-bond acceptors (Lipinski definition) is 3.